The highest BCUT2D eigenvalue weighted by molar-refractivity contribution is 5.31. The zero-order valence-corrected chi connectivity index (χ0v) is 10.3. The van der Waals surface area contributed by atoms with Crippen molar-refractivity contribution >= 4 is 0 Å². The van der Waals surface area contributed by atoms with Crippen molar-refractivity contribution < 1.29 is 5.11 Å². The Balaban J connectivity index is 2.81. The number of hydrogen-bond donors (Lipinski definition) is 1. The van der Waals surface area contributed by atoms with Gasteiger partial charge >= 0.3 is 0 Å². The van der Waals surface area contributed by atoms with Crippen LogP contribution in [0.15, 0.2) is 53.6 Å². The van der Waals surface area contributed by atoms with Gasteiger partial charge in [0.1, 0.15) is 0 Å². The van der Waals surface area contributed by atoms with E-state index >= 15 is 0 Å². The van der Waals surface area contributed by atoms with Crippen LogP contribution >= 0.6 is 0 Å². The normalized spacial score (nSPS) is 15.0. The topological polar surface area (TPSA) is 20.2 Å². The van der Waals surface area contributed by atoms with Crippen molar-refractivity contribution in [2.45, 2.75) is 33.3 Å². The molecule has 1 aromatic carbocycles. The Labute approximate surface area is 98.1 Å². The van der Waals surface area contributed by atoms with Gasteiger partial charge in [-0.3, -0.25) is 0 Å². The minimum atomic E-state index is -0.513. The first-order valence-electron chi connectivity index (χ1n) is 5.73. The Morgan fingerprint density at radius 3 is 2.38 bits per heavy atom. The van der Waals surface area contributed by atoms with Crippen LogP contribution in [0.1, 0.15) is 38.9 Å². The molecule has 1 nitrogen and oxygen atoms in total. The molecule has 0 fully saturated rings. The van der Waals surface area contributed by atoms with Gasteiger partial charge in [0.25, 0.3) is 0 Å². The van der Waals surface area contributed by atoms with Crippen LogP contribution in [0.4, 0.5) is 0 Å². The maximum atomic E-state index is 10.0. The lowest BCUT2D eigenvalue weighted by Crippen LogP contribution is -1.94. The smallest absolute Gasteiger partial charge is 0.0977 e. The molecular formula is C15H20O. The highest BCUT2D eigenvalue weighted by Gasteiger charge is 2.03. The molecule has 0 radical (unpaired) electrons. The predicted molar refractivity (Wildman–Crippen MR) is 69.2 cm³/mol. The van der Waals surface area contributed by atoms with E-state index in [0.29, 0.717) is 0 Å². The van der Waals surface area contributed by atoms with Crippen LogP contribution in [0.25, 0.3) is 0 Å². The van der Waals surface area contributed by atoms with Crippen LogP contribution in [0, 0.1) is 0 Å². The molecule has 1 aromatic rings. The molecule has 0 heterocycles. The van der Waals surface area contributed by atoms with E-state index in [1.54, 1.807) is 0 Å². The zero-order chi connectivity index (χ0) is 12.0. The van der Waals surface area contributed by atoms with Gasteiger partial charge in [0.15, 0.2) is 0 Å². The van der Waals surface area contributed by atoms with Gasteiger partial charge in [-0.05, 0) is 37.5 Å². The summed E-state index contributed by atoms with van der Waals surface area (Å²) in [5, 5.41) is 10.0. The fraction of sp³-hybridized carbons (Fsp3) is 0.333. The van der Waals surface area contributed by atoms with Crippen molar-refractivity contribution in [1.29, 1.82) is 0 Å². The lowest BCUT2D eigenvalue weighted by Gasteiger charge is -2.08. The van der Waals surface area contributed by atoms with Gasteiger partial charge in [-0.15, -0.1) is 0 Å². The molecule has 0 saturated heterocycles. The van der Waals surface area contributed by atoms with E-state index in [4.69, 9.17) is 0 Å². The average molecular weight is 216 g/mol. The van der Waals surface area contributed by atoms with Gasteiger partial charge in [-0.1, -0.05) is 48.9 Å². The minimum Gasteiger partial charge on any atom is -0.384 e. The van der Waals surface area contributed by atoms with E-state index in [-0.39, 0.29) is 0 Å². The number of hydrogen-bond acceptors (Lipinski definition) is 1. The Morgan fingerprint density at radius 1 is 1.19 bits per heavy atom. The van der Waals surface area contributed by atoms with Crippen molar-refractivity contribution in [2.75, 3.05) is 0 Å². The van der Waals surface area contributed by atoms with Gasteiger partial charge in [0.05, 0.1) is 6.10 Å². The molecule has 16 heavy (non-hydrogen) atoms. The summed E-state index contributed by atoms with van der Waals surface area (Å²) < 4.78 is 0. The molecule has 86 valence electrons. The number of aliphatic hydroxyl groups is 1. The van der Waals surface area contributed by atoms with Gasteiger partial charge in [0.2, 0.25) is 0 Å². The lowest BCUT2D eigenvalue weighted by atomic mass is 10.0. The van der Waals surface area contributed by atoms with Crippen molar-refractivity contribution in [3.8, 4) is 0 Å². The molecule has 1 heteroatoms. The predicted octanol–water partition coefficient (Wildman–Crippen LogP) is 4.02. The van der Waals surface area contributed by atoms with Crippen molar-refractivity contribution in [2.24, 2.45) is 0 Å². The Bertz CT molecular complexity index is 374. The van der Waals surface area contributed by atoms with Gasteiger partial charge in [0, 0.05) is 0 Å². The molecule has 0 saturated carbocycles. The molecule has 1 unspecified atom stereocenters. The van der Waals surface area contributed by atoms with Crippen LogP contribution in [-0.2, 0) is 0 Å². The Kier molecular flexibility index (Phi) is 5.00. The number of benzene rings is 1. The average Bonchev–Trinajstić information content (AvgIpc) is 2.30. The van der Waals surface area contributed by atoms with Crippen LogP contribution in [0.2, 0.25) is 0 Å². The highest BCUT2D eigenvalue weighted by Crippen LogP contribution is 2.18. The summed E-state index contributed by atoms with van der Waals surface area (Å²) in [6, 6.07) is 9.71. The van der Waals surface area contributed by atoms with Gasteiger partial charge < -0.3 is 5.11 Å². The van der Waals surface area contributed by atoms with Crippen LogP contribution in [0.3, 0.4) is 0 Å². The summed E-state index contributed by atoms with van der Waals surface area (Å²) in [5.74, 6) is 0. The van der Waals surface area contributed by atoms with Gasteiger partial charge in [-0.2, -0.15) is 0 Å². The van der Waals surface area contributed by atoms with Crippen molar-refractivity contribution in [1.82, 2.24) is 0 Å². The lowest BCUT2D eigenvalue weighted by molar-refractivity contribution is 0.228. The van der Waals surface area contributed by atoms with Crippen LogP contribution in [-0.4, -0.2) is 5.11 Å². The van der Waals surface area contributed by atoms with Crippen LogP contribution < -0.4 is 0 Å². The van der Waals surface area contributed by atoms with Crippen molar-refractivity contribution in [3.63, 3.8) is 0 Å². The maximum Gasteiger partial charge on any atom is 0.0977 e. The molecule has 0 bridgehead atoms. The van der Waals surface area contributed by atoms with Crippen molar-refractivity contribution in [3.05, 3.63) is 59.2 Å². The summed E-state index contributed by atoms with van der Waals surface area (Å²) in [6.07, 6.45) is 4.58. The summed E-state index contributed by atoms with van der Waals surface area (Å²) >= 11 is 0. The molecule has 1 N–H and O–H groups in total. The standard InChI is InChI=1S/C15H20O/c1-4-8-12(2)13(3)11-15(16)14-9-6-5-7-10-14/h5-11,15-16H,4H2,1-3H3/b12-8+,13-11+. The summed E-state index contributed by atoms with van der Waals surface area (Å²) in [6.45, 7) is 6.23. The SMILES string of the molecule is CC/C=C(C)/C(C)=C/C(O)c1ccccc1. The fourth-order valence-electron chi connectivity index (χ4n) is 1.58. The minimum absolute atomic E-state index is 0.513. The fourth-order valence-corrected chi connectivity index (χ4v) is 1.58. The quantitative estimate of drug-likeness (QED) is 0.754. The third-order valence-corrected chi connectivity index (χ3v) is 2.68. The molecule has 0 spiro atoms. The van der Waals surface area contributed by atoms with E-state index in [2.05, 4.69) is 19.9 Å². The summed E-state index contributed by atoms with van der Waals surface area (Å²) in [4.78, 5) is 0. The molecule has 0 amide bonds. The van der Waals surface area contributed by atoms with E-state index in [0.717, 1.165) is 17.6 Å². The molecule has 0 aliphatic heterocycles. The Hall–Kier alpha value is -1.34. The Morgan fingerprint density at radius 2 is 1.81 bits per heavy atom. The summed E-state index contributed by atoms with van der Waals surface area (Å²) in [5.41, 5.74) is 3.31. The highest BCUT2D eigenvalue weighted by atomic mass is 16.3. The molecular weight excluding hydrogens is 196 g/mol. The monoisotopic (exact) mass is 216 g/mol. The zero-order valence-electron chi connectivity index (χ0n) is 10.3. The number of aliphatic hydroxyl groups excluding tert-OH is 1. The van der Waals surface area contributed by atoms with E-state index < -0.39 is 6.10 Å². The van der Waals surface area contributed by atoms with Gasteiger partial charge in [-0.25, -0.2) is 0 Å². The second kappa shape index (κ2) is 6.29. The first kappa shape index (κ1) is 12.7. The number of rotatable bonds is 4. The van der Waals surface area contributed by atoms with E-state index in [1.807, 2.05) is 43.3 Å². The number of allylic oxidation sites excluding steroid dienone is 3. The molecule has 1 atom stereocenters. The molecule has 0 aliphatic carbocycles. The third-order valence-electron chi connectivity index (χ3n) is 2.68. The van der Waals surface area contributed by atoms with E-state index in [9.17, 15) is 5.11 Å². The largest absolute Gasteiger partial charge is 0.384 e. The third kappa shape index (κ3) is 3.67. The van der Waals surface area contributed by atoms with E-state index in [1.165, 1.54) is 5.57 Å². The second-order valence-corrected chi connectivity index (χ2v) is 4.00. The maximum absolute atomic E-state index is 10.0. The molecule has 0 aromatic heterocycles. The first-order chi connectivity index (χ1) is 7.65. The summed E-state index contributed by atoms with van der Waals surface area (Å²) in [7, 11) is 0. The first-order valence-corrected chi connectivity index (χ1v) is 5.73. The van der Waals surface area contributed by atoms with Crippen LogP contribution in [0.5, 0.6) is 0 Å². The second-order valence-electron chi connectivity index (χ2n) is 4.00. The molecule has 0 aliphatic rings. The molecule has 1 rings (SSSR count).